The number of hydrogen-bond acceptors (Lipinski definition) is 6. The summed E-state index contributed by atoms with van der Waals surface area (Å²) < 4.78 is 2.81. The Labute approximate surface area is 189 Å². The van der Waals surface area contributed by atoms with Crippen molar-refractivity contribution >= 4 is 45.9 Å². The molecule has 4 aromatic rings. The molecule has 1 aliphatic heterocycles. The molecule has 1 fully saturated rings. The zero-order valence-corrected chi connectivity index (χ0v) is 18.9. The maximum Gasteiger partial charge on any atom is 0.351 e. The quantitative estimate of drug-likeness (QED) is 0.517. The van der Waals surface area contributed by atoms with E-state index in [0.29, 0.717) is 17.0 Å². The van der Waals surface area contributed by atoms with Gasteiger partial charge in [0.05, 0.1) is 11.0 Å². The van der Waals surface area contributed by atoms with Crippen molar-refractivity contribution in [2.45, 2.75) is 20.4 Å². The number of aromatic nitrogens is 4. The lowest BCUT2D eigenvalue weighted by Gasteiger charge is -2.27. The molecule has 1 saturated heterocycles. The van der Waals surface area contributed by atoms with Gasteiger partial charge in [-0.3, -0.25) is 4.79 Å². The van der Waals surface area contributed by atoms with Crippen LogP contribution in [-0.2, 0) is 11.3 Å². The number of thioether (sulfide) groups is 1. The van der Waals surface area contributed by atoms with Crippen LogP contribution in [-0.4, -0.2) is 49.7 Å². The molecule has 164 valence electrons. The second-order valence-electron chi connectivity index (χ2n) is 7.94. The lowest BCUT2D eigenvalue weighted by atomic mass is 10.1. The van der Waals surface area contributed by atoms with E-state index in [1.807, 2.05) is 68.1 Å². The van der Waals surface area contributed by atoms with Crippen LogP contribution in [0.3, 0.4) is 0 Å². The zero-order chi connectivity index (χ0) is 22.2. The minimum absolute atomic E-state index is 0.169. The van der Waals surface area contributed by atoms with E-state index in [4.69, 9.17) is 4.98 Å². The molecule has 3 heterocycles. The van der Waals surface area contributed by atoms with Gasteiger partial charge in [0.2, 0.25) is 11.6 Å². The molecular formula is C23H24N6O2S. The smallest absolute Gasteiger partial charge is 0.351 e. The summed E-state index contributed by atoms with van der Waals surface area (Å²) in [7, 11) is 0. The van der Waals surface area contributed by atoms with Gasteiger partial charge in [-0.05, 0) is 37.1 Å². The normalized spacial score (nSPS) is 14.2. The topological polar surface area (TPSA) is 84.5 Å². The molecule has 1 N–H and O–H groups in total. The highest BCUT2D eigenvalue weighted by Gasteiger charge is 2.22. The number of carbonyl (C=O) groups excluding carboxylic acids is 1. The van der Waals surface area contributed by atoms with Crippen molar-refractivity contribution in [3.05, 3.63) is 64.1 Å². The molecule has 1 aliphatic rings. The van der Waals surface area contributed by atoms with Gasteiger partial charge in [-0.2, -0.15) is 11.8 Å². The van der Waals surface area contributed by atoms with Crippen molar-refractivity contribution in [2.24, 2.45) is 0 Å². The van der Waals surface area contributed by atoms with Crippen LogP contribution in [0.4, 0.5) is 11.5 Å². The van der Waals surface area contributed by atoms with Crippen LogP contribution in [0.5, 0.6) is 0 Å². The number of nitrogens with zero attached hydrogens (tertiary/aromatic N) is 5. The second kappa shape index (κ2) is 8.31. The van der Waals surface area contributed by atoms with Gasteiger partial charge in [-0.25, -0.2) is 18.9 Å². The number of hydrogen-bond donors (Lipinski definition) is 1. The molecular weight excluding hydrogens is 424 g/mol. The molecule has 8 nitrogen and oxygen atoms in total. The summed E-state index contributed by atoms with van der Waals surface area (Å²) in [6.45, 7) is 5.42. The minimum Gasteiger partial charge on any atom is -0.352 e. The molecule has 2 aromatic carbocycles. The van der Waals surface area contributed by atoms with Crippen LogP contribution in [0.15, 0.2) is 47.3 Å². The molecule has 0 unspecified atom stereocenters. The highest BCUT2D eigenvalue weighted by molar-refractivity contribution is 7.99. The Morgan fingerprint density at radius 1 is 1.06 bits per heavy atom. The van der Waals surface area contributed by atoms with Crippen LogP contribution in [0.1, 0.15) is 11.1 Å². The summed E-state index contributed by atoms with van der Waals surface area (Å²) in [5.74, 6) is 2.41. The van der Waals surface area contributed by atoms with Gasteiger partial charge in [0, 0.05) is 30.3 Å². The third kappa shape index (κ3) is 3.62. The average Bonchev–Trinajstić information content (AvgIpc) is 3.12. The number of carbonyl (C=O) groups is 1. The van der Waals surface area contributed by atoms with E-state index < -0.39 is 0 Å². The summed E-state index contributed by atoms with van der Waals surface area (Å²) in [4.78, 5) is 33.2. The zero-order valence-electron chi connectivity index (χ0n) is 18.0. The molecule has 0 bridgehead atoms. The minimum atomic E-state index is -0.345. The summed E-state index contributed by atoms with van der Waals surface area (Å²) >= 11 is 1.91. The molecule has 0 spiro atoms. The van der Waals surface area contributed by atoms with E-state index in [2.05, 4.69) is 15.3 Å². The van der Waals surface area contributed by atoms with E-state index in [1.54, 1.807) is 4.40 Å². The van der Waals surface area contributed by atoms with Gasteiger partial charge in [-0.1, -0.05) is 30.3 Å². The third-order valence-corrected chi connectivity index (χ3v) is 6.68. The Morgan fingerprint density at radius 2 is 1.78 bits per heavy atom. The van der Waals surface area contributed by atoms with Gasteiger partial charge in [0.25, 0.3) is 0 Å². The first kappa shape index (κ1) is 20.6. The monoisotopic (exact) mass is 448 g/mol. The fourth-order valence-corrected chi connectivity index (χ4v) is 5.00. The van der Waals surface area contributed by atoms with Gasteiger partial charge >= 0.3 is 5.69 Å². The summed E-state index contributed by atoms with van der Waals surface area (Å²) in [5.41, 5.74) is 4.28. The van der Waals surface area contributed by atoms with Crippen LogP contribution in [0.25, 0.3) is 16.7 Å². The highest BCUT2D eigenvalue weighted by atomic mass is 32.2. The predicted molar refractivity (Wildman–Crippen MR) is 129 cm³/mol. The molecule has 32 heavy (non-hydrogen) atoms. The fraction of sp³-hybridized carbons (Fsp3) is 0.304. The summed E-state index contributed by atoms with van der Waals surface area (Å²) in [6.07, 6.45) is 0. The summed E-state index contributed by atoms with van der Waals surface area (Å²) in [6, 6.07) is 13.4. The number of aryl methyl sites for hydroxylation is 2. The molecule has 0 radical (unpaired) electrons. The number of amides is 1. The Morgan fingerprint density at radius 3 is 2.53 bits per heavy atom. The first-order chi connectivity index (χ1) is 15.5. The van der Waals surface area contributed by atoms with E-state index in [1.165, 1.54) is 4.68 Å². The standard InChI is InChI=1S/C23H24N6O2S/c1-15-6-5-7-16(2)20(15)25-19(30)14-28-23(31)29-18-9-4-3-8-17(18)24-21(22(29)26-28)27-10-12-32-13-11-27/h3-9H,10-14H2,1-2H3,(H,25,30). The number of nitrogens with one attached hydrogen (secondary N) is 1. The summed E-state index contributed by atoms with van der Waals surface area (Å²) in [5, 5.41) is 7.50. The fourth-order valence-electron chi connectivity index (χ4n) is 4.10. The van der Waals surface area contributed by atoms with Crippen molar-refractivity contribution in [3.8, 4) is 0 Å². The van der Waals surface area contributed by atoms with Crippen molar-refractivity contribution in [2.75, 3.05) is 34.8 Å². The Kier molecular flexibility index (Phi) is 5.34. The first-order valence-corrected chi connectivity index (χ1v) is 11.8. The van der Waals surface area contributed by atoms with Crippen LogP contribution in [0, 0.1) is 13.8 Å². The van der Waals surface area contributed by atoms with E-state index >= 15 is 0 Å². The second-order valence-corrected chi connectivity index (χ2v) is 9.16. The van der Waals surface area contributed by atoms with Gasteiger partial charge < -0.3 is 10.2 Å². The van der Waals surface area contributed by atoms with E-state index in [0.717, 1.165) is 46.9 Å². The number of anilines is 2. The molecule has 0 aliphatic carbocycles. The third-order valence-electron chi connectivity index (χ3n) is 5.74. The van der Waals surface area contributed by atoms with Crippen LogP contribution >= 0.6 is 11.8 Å². The van der Waals surface area contributed by atoms with Gasteiger partial charge in [0.15, 0.2) is 5.82 Å². The lowest BCUT2D eigenvalue weighted by Crippen LogP contribution is -2.33. The molecule has 9 heteroatoms. The number of benzene rings is 2. The Bertz CT molecular complexity index is 1370. The average molecular weight is 449 g/mol. The largest absolute Gasteiger partial charge is 0.352 e. The highest BCUT2D eigenvalue weighted by Crippen LogP contribution is 2.25. The van der Waals surface area contributed by atoms with Crippen molar-refractivity contribution in [3.63, 3.8) is 0 Å². The lowest BCUT2D eigenvalue weighted by molar-refractivity contribution is -0.117. The van der Waals surface area contributed by atoms with E-state index in [-0.39, 0.29) is 18.1 Å². The van der Waals surface area contributed by atoms with E-state index in [9.17, 15) is 9.59 Å². The molecule has 0 atom stereocenters. The maximum atomic E-state index is 13.3. The molecule has 1 amide bonds. The number of fused-ring (bicyclic) bond motifs is 3. The predicted octanol–water partition coefficient (Wildman–Crippen LogP) is 2.85. The van der Waals surface area contributed by atoms with Crippen molar-refractivity contribution in [1.29, 1.82) is 0 Å². The van der Waals surface area contributed by atoms with Crippen molar-refractivity contribution < 1.29 is 4.79 Å². The number of para-hydroxylation sites is 3. The Hall–Kier alpha value is -3.33. The SMILES string of the molecule is Cc1cccc(C)c1NC(=O)Cn1nc2c(N3CCSCC3)nc3ccccc3n2c1=O. The van der Waals surface area contributed by atoms with Crippen LogP contribution < -0.4 is 15.9 Å². The van der Waals surface area contributed by atoms with Crippen LogP contribution in [0.2, 0.25) is 0 Å². The maximum absolute atomic E-state index is 13.3. The van der Waals surface area contributed by atoms with Crippen molar-refractivity contribution in [1.82, 2.24) is 19.2 Å². The van der Waals surface area contributed by atoms with Gasteiger partial charge in [-0.15, -0.1) is 5.10 Å². The van der Waals surface area contributed by atoms with Gasteiger partial charge in [0.1, 0.15) is 6.54 Å². The Balaban J connectivity index is 1.57. The molecule has 5 rings (SSSR count). The molecule has 2 aromatic heterocycles. The number of rotatable bonds is 4. The molecule has 0 saturated carbocycles. The first-order valence-electron chi connectivity index (χ1n) is 10.6.